The second-order valence-corrected chi connectivity index (χ2v) is 9.74. The number of carbonyl (C=O) groups excluding carboxylic acids is 1. The third-order valence-corrected chi connectivity index (χ3v) is 7.47. The number of nitrogens with one attached hydrogen (secondary N) is 1. The number of amides is 1. The van der Waals surface area contributed by atoms with Crippen molar-refractivity contribution in [3.63, 3.8) is 0 Å². The number of hydrogen-bond acceptors (Lipinski definition) is 7. The largest absolute Gasteiger partial charge is 0.496 e. The molecule has 2 aromatic carbocycles. The summed E-state index contributed by atoms with van der Waals surface area (Å²) in [6.07, 6.45) is 5.56. The summed E-state index contributed by atoms with van der Waals surface area (Å²) >= 11 is 1.55. The van der Waals surface area contributed by atoms with Crippen LogP contribution in [0.4, 0.5) is 10.7 Å². The van der Waals surface area contributed by atoms with E-state index in [1.807, 2.05) is 30.3 Å². The molecule has 0 atom stereocenters. The Morgan fingerprint density at radius 3 is 2.76 bits per heavy atom. The molecule has 0 saturated carbocycles. The van der Waals surface area contributed by atoms with Crippen molar-refractivity contribution in [3.05, 3.63) is 98.1 Å². The predicted octanol–water partition coefficient (Wildman–Crippen LogP) is 6.48. The molecule has 8 nitrogen and oxygen atoms in total. The summed E-state index contributed by atoms with van der Waals surface area (Å²) in [5, 5.41) is 14.9. The topological polar surface area (TPSA) is 107 Å². The van der Waals surface area contributed by atoms with Gasteiger partial charge < -0.3 is 14.5 Å². The number of aliphatic imine (C=N–C) groups is 1. The smallest absolute Gasteiger partial charge is 0.270 e. The Hall–Kier alpha value is -4.24. The van der Waals surface area contributed by atoms with Crippen molar-refractivity contribution in [1.29, 1.82) is 0 Å². The summed E-state index contributed by atoms with van der Waals surface area (Å²) in [4.78, 5) is 29.9. The van der Waals surface area contributed by atoms with Crippen LogP contribution in [0.2, 0.25) is 0 Å². The van der Waals surface area contributed by atoms with Gasteiger partial charge in [0.2, 0.25) is 0 Å². The van der Waals surface area contributed by atoms with E-state index >= 15 is 0 Å². The highest BCUT2D eigenvalue weighted by Gasteiger charge is 2.25. The van der Waals surface area contributed by atoms with Gasteiger partial charge in [0.1, 0.15) is 22.3 Å². The molecule has 0 unspecified atom stereocenters. The third kappa shape index (κ3) is 5.31. The SMILES string of the molecule is COc1ccc([N+](=O)[O-])cc1-c1ccc(/C=N\c2sc3c(c2C(=O)NCc2ccccc2)CCCC3)o1. The molecule has 0 saturated heterocycles. The van der Waals surface area contributed by atoms with Crippen LogP contribution in [0.15, 0.2) is 70.1 Å². The number of hydrogen-bond donors (Lipinski definition) is 1. The molecule has 1 amide bonds. The number of benzene rings is 2. The summed E-state index contributed by atoms with van der Waals surface area (Å²) < 4.78 is 11.3. The zero-order chi connectivity index (χ0) is 25.8. The van der Waals surface area contributed by atoms with Gasteiger partial charge in [0.15, 0.2) is 0 Å². The van der Waals surface area contributed by atoms with Gasteiger partial charge in [-0.05, 0) is 55.0 Å². The van der Waals surface area contributed by atoms with Crippen LogP contribution in [0.1, 0.15) is 45.0 Å². The number of non-ortho nitro benzene ring substituents is 1. The fourth-order valence-electron chi connectivity index (χ4n) is 4.43. The van der Waals surface area contributed by atoms with Crippen molar-refractivity contribution in [2.24, 2.45) is 4.99 Å². The third-order valence-electron chi connectivity index (χ3n) is 6.27. The van der Waals surface area contributed by atoms with E-state index in [0.717, 1.165) is 36.8 Å². The van der Waals surface area contributed by atoms with Crippen LogP contribution in [-0.4, -0.2) is 24.2 Å². The molecular weight excluding hydrogens is 490 g/mol. The van der Waals surface area contributed by atoms with Crippen LogP contribution in [-0.2, 0) is 19.4 Å². The number of methoxy groups -OCH3 is 1. The highest BCUT2D eigenvalue weighted by molar-refractivity contribution is 7.16. The molecule has 9 heteroatoms. The van der Waals surface area contributed by atoms with E-state index < -0.39 is 4.92 Å². The summed E-state index contributed by atoms with van der Waals surface area (Å²) in [7, 11) is 1.50. The molecule has 188 valence electrons. The monoisotopic (exact) mass is 515 g/mol. The second-order valence-electron chi connectivity index (χ2n) is 8.66. The Balaban J connectivity index is 1.41. The number of aryl methyl sites for hydroxylation is 1. The number of nitrogens with zero attached hydrogens (tertiary/aromatic N) is 2. The number of nitro benzene ring substituents is 1. The van der Waals surface area contributed by atoms with Crippen molar-refractivity contribution < 1.29 is 18.9 Å². The number of nitro groups is 1. The summed E-state index contributed by atoms with van der Waals surface area (Å²) in [5.74, 6) is 1.22. The van der Waals surface area contributed by atoms with Crippen molar-refractivity contribution in [2.75, 3.05) is 7.11 Å². The van der Waals surface area contributed by atoms with E-state index in [1.54, 1.807) is 35.8 Å². The summed E-state index contributed by atoms with van der Waals surface area (Å²) in [6.45, 7) is 0.444. The van der Waals surface area contributed by atoms with Gasteiger partial charge in [0, 0.05) is 23.6 Å². The number of furan rings is 1. The van der Waals surface area contributed by atoms with Gasteiger partial charge in [-0.15, -0.1) is 11.3 Å². The maximum atomic E-state index is 13.3. The fourth-order valence-corrected chi connectivity index (χ4v) is 5.66. The van der Waals surface area contributed by atoms with Gasteiger partial charge in [-0.3, -0.25) is 14.9 Å². The van der Waals surface area contributed by atoms with Crippen LogP contribution in [0.25, 0.3) is 11.3 Å². The van der Waals surface area contributed by atoms with Crippen LogP contribution >= 0.6 is 11.3 Å². The van der Waals surface area contributed by atoms with Crippen LogP contribution < -0.4 is 10.1 Å². The number of carbonyl (C=O) groups is 1. The first kappa shape index (κ1) is 24.5. The lowest BCUT2D eigenvalue weighted by atomic mass is 9.95. The molecular formula is C28H25N3O5S. The Labute approximate surface area is 217 Å². The molecule has 2 heterocycles. The average molecular weight is 516 g/mol. The van der Waals surface area contributed by atoms with Gasteiger partial charge in [-0.2, -0.15) is 0 Å². The van der Waals surface area contributed by atoms with Gasteiger partial charge >= 0.3 is 0 Å². The van der Waals surface area contributed by atoms with Gasteiger partial charge in [-0.1, -0.05) is 30.3 Å². The van der Waals surface area contributed by atoms with E-state index in [9.17, 15) is 14.9 Å². The van der Waals surface area contributed by atoms with Crippen molar-refractivity contribution in [3.8, 4) is 17.1 Å². The normalized spacial score (nSPS) is 12.9. The molecule has 0 bridgehead atoms. The number of rotatable bonds is 8. The average Bonchev–Trinajstić information content (AvgIpc) is 3.55. The van der Waals surface area contributed by atoms with Gasteiger partial charge in [0.25, 0.3) is 11.6 Å². The quantitative estimate of drug-likeness (QED) is 0.164. The van der Waals surface area contributed by atoms with Gasteiger partial charge in [-0.25, -0.2) is 4.99 Å². The predicted molar refractivity (Wildman–Crippen MR) is 143 cm³/mol. The van der Waals surface area contributed by atoms with E-state index in [1.165, 1.54) is 24.1 Å². The molecule has 0 radical (unpaired) electrons. The van der Waals surface area contributed by atoms with Crippen molar-refractivity contribution in [1.82, 2.24) is 5.32 Å². The standard InChI is InChI=1S/C28H25N3O5S/c1-35-23-13-11-19(31(33)34)15-22(23)24-14-12-20(36-24)17-30-28-26(21-9-5-6-10-25(21)37-28)27(32)29-16-18-7-3-2-4-8-18/h2-4,7-8,11-15,17H,5-6,9-10,16H2,1H3,(H,29,32)/b30-17-. The summed E-state index contributed by atoms with van der Waals surface area (Å²) in [6, 6.07) is 17.6. The van der Waals surface area contributed by atoms with Crippen molar-refractivity contribution in [2.45, 2.75) is 32.2 Å². The minimum atomic E-state index is -0.461. The molecule has 0 fully saturated rings. The van der Waals surface area contributed by atoms with Gasteiger partial charge in [0.05, 0.1) is 29.4 Å². The highest BCUT2D eigenvalue weighted by Crippen LogP contribution is 2.40. The zero-order valence-corrected chi connectivity index (χ0v) is 21.0. The Kier molecular flexibility index (Phi) is 7.14. The maximum Gasteiger partial charge on any atom is 0.270 e. The van der Waals surface area contributed by atoms with Crippen LogP contribution in [0.5, 0.6) is 5.75 Å². The highest BCUT2D eigenvalue weighted by atomic mass is 32.1. The molecule has 4 aromatic rings. The summed E-state index contributed by atoms with van der Waals surface area (Å²) in [5.41, 5.74) is 3.18. The van der Waals surface area contributed by atoms with Crippen LogP contribution in [0, 0.1) is 10.1 Å². The molecule has 37 heavy (non-hydrogen) atoms. The first-order valence-corrected chi connectivity index (χ1v) is 12.8. The lowest BCUT2D eigenvalue weighted by molar-refractivity contribution is -0.384. The Morgan fingerprint density at radius 2 is 1.97 bits per heavy atom. The van der Waals surface area contributed by atoms with E-state index in [4.69, 9.17) is 9.15 Å². The minimum absolute atomic E-state index is 0.0576. The molecule has 1 aliphatic rings. The molecule has 5 rings (SSSR count). The minimum Gasteiger partial charge on any atom is -0.496 e. The molecule has 2 aromatic heterocycles. The Morgan fingerprint density at radius 1 is 1.16 bits per heavy atom. The lowest BCUT2D eigenvalue weighted by Gasteiger charge is -2.12. The van der Waals surface area contributed by atoms with E-state index in [2.05, 4.69) is 10.3 Å². The first-order chi connectivity index (χ1) is 18.0. The number of ether oxygens (including phenoxy) is 1. The molecule has 0 aliphatic heterocycles. The zero-order valence-electron chi connectivity index (χ0n) is 20.2. The maximum absolute atomic E-state index is 13.3. The first-order valence-electron chi connectivity index (χ1n) is 12.0. The number of thiophene rings is 1. The molecule has 0 spiro atoms. The fraction of sp³-hybridized carbons (Fsp3) is 0.214. The molecule has 1 N–H and O–H groups in total. The lowest BCUT2D eigenvalue weighted by Crippen LogP contribution is -2.24. The number of fused-ring (bicyclic) bond motifs is 1. The molecule has 1 aliphatic carbocycles. The second kappa shape index (κ2) is 10.8. The van der Waals surface area contributed by atoms with E-state index in [0.29, 0.717) is 39.9 Å². The van der Waals surface area contributed by atoms with E-state index in [-0.39, 0.29) is 11.6 Å². The van der Waals surface area contributed by atoms with Crippen molar-refractivity contribution >= 4 is 34.1 Å². The Bertz CT molecular complexity index is 1470. The van der Waals surface area contributed by atoms with Crippen LogP contribution in [0.3, 0.4) is 0 Å².